The fourth-order valence-corrected chi connectivity index (χ4v) is 4.62. The topological polar surface area (TPSA) is 74.2 Å². The standard InChI is InChI=1S/C30H26N6O/c37-30(23-4-2-1-3-5-23)33-25-9-6-22(7-10-25)24-8-11-27-28(20-24)34-29(21-32-27)36-18-16-35(17-19-36)26-12-14-31-15-13-26/h1-15,20-21H,16-19H2,(H,33,37). The molecule has 3 heterocycles. The Morgan fingerprint density at radius 2 is 1.43 bits per heavy atom. The molecule has 1 amide bonds. The van der Waals surface area contributed by atoms with E-state index in [0.29, 0.717) is 5.56 Å². The van der Waals surface area contributed by atoms with Crippen LogP contribution in [-0.2, 0) is 0 Å². The molecule has 1 N–H and O–H groups in total. The third-order valence-electron chi connectivity index (χ3n) is 6.67. The van der Waals surface area contributed by atoms with Crippen LogP contribution in [0, 0.1) is 0 Å². The van der Waals surface area contributed by atoms with Crippen molar-refractivity contribution in [1.29, 1.82) is 0 Å². The van der Waals surface area contributed by atoms with E-state index in [1.54, 1.807) is 12.1 Å². The molecular formula is C30H26N6O. The second kappa shape index (κ2) is 10.1. The van der Waals surface area contributed by atoms with Crippen molar-refractivity contribution in [1.82, 2.24) is 15.0 Å². The molecule has 1 saturated heterocycles. The lowest BCUT2D eigenvalue weighted by atomic mass is 10.0. The second-order valence-corrected chi connectivity index (χ2v) is 9.01. The Hall–Kier alpha value is -4.78. The van der Waals surface area contributed by atoms with E-state index in [2.05, 4.69) is 49.4 Å². The first-order valence-electron chi connectivity index (χ1n) is 12.4. The number of hydrogen-bond donors (Lipinski definition) is 1. The van der Waals surface area contributed by atoms with Gasteiger partial charge in [-0.2, -0.15) is 0 Å². The molecule has 7 nitrogen and oxygen atoms in total. The predicted molar refractivity (Wildman–Crippen MR) is 148 cm³/mol. The summed E-state index contributed by atoms with van der Waals surface area (Å²) in [5.74, 6) is 0.779. The molecule has 6 rings (SSSR count). The van der Waals surface area contributed by atoms with Crippen LogP contribution >= 0.6 is 0 Å². The van der Waals surface area contributed by atoms with E-state index >= 15 is 0 Å². The zero-order chi connectivity index (χ0) is 25.0. The van der Waals surface area contributed by atoms with Crippen LogP contribution in [0.15, 0.2) is 104 Å². The van der Waals surface area contributed by atoms with Gasteiger partial charge in [0.15, 0.2) is 0 Å². The number of carbonyl (C=O) groups is 1. The smallest absolute Gasteiger partial charge is 0.255 e. The number of benzene rings is 3. The number of pyridine rings is 1. The van der Waals surface area contributed by atoms with Crippen LogP contribution in [0.4, 0.5) is 17.2 Å². The molecule has 2 aromatic heterocycles. The van der Waals surface area contributed by atoms with Crippen LogP contribution in [0.3, 0.4) is 0 Å². The zero-order valence-corrected chi connectivity index (χ0v) is 20.3. The molecule has 37 heavy (non-hydrogen) atoms. The Balaban J connectivity index is 1.16. The number of amides is 1. The highest BCUT2D eigenvalue weighted by Crippen LogP contribution is 2.26. The number of rotatable bonds is 5. The molecule has 0 aliphatic carbocycles. The van der Waals surface area contributed by atoms with Gasteiger partial charge in [-0.15, -0.1) is 0 Å². The number of hydrogen-bond acceptors (Lipinski definition) is 6. The van der Waals surface area contributed by atoms with Crippen LogP contribution in [0.2, 0.25) is 0 Å². The average Bonchev–Trinajstić information content (AvgIpc) is 2.98. The van der Waals surface area contributed by atoms with Crippen LogP contribution in [-0.4, -0.2) is 47.0 Å². The van der Waals surface area contributed by atoms with Crippen LogP contribution < -0.4 is 15.1 Å². The molecule has 1 aliphatic heterocycles. The quantitative estimate of drug-likeness (QED) is 0.365. The Kier molecular flexibility index (Phi) is 6.17. The van der Waals surface area contributed by atoms with Gasteiger partial charge in [-0.25, -0.2) is 4.98 Å². The third-order valence-corrected chi connectivity index (χ3v) is 6.67. The van der Waals surface area contributed by atoms with Crippen LogP contribution in [0.25, 0.3) is 22.2 Å². The van der Waals surface area contributed by atoms with Gasteiger partial charge in [-0.05, 0) is 59.7 Å². The van der Waals surface area contributed by atoms with Gasteiger partial charge in [0, 0.05) is 55.5 Å². The lowest BCUT2D eigenvalue weighted by Gasteiger charge is -2.36. The Morgan fingerprint density at radius 1 is 0.730 bits per heavy atom. The van der Waals surface area contributed by atoms with Gasteiger partial charge in [-0.3, -0.25) is 14.8 Å². The van der Waals surface area contributed by atoms with E-state index in [0.717, 1.165) is 59.8 Å². The van der Waals surface area contributed by atoms with Gasteiger partial charge in [0.25, 0.3) is 5.91 Å². The predicted octanol–water partition coefficient (Wildman–Crippen LogP) is 5.27. The fraction of sp³-hybridized carbons (Fsp3) is 0.133. The highest BCUT2D eigenvalue weighted by molar-refractivity contribution is 6.04. The fourth-order valence-electron chi connectivity index (χ4n) is 4.62. The number of nitrogens with one attached hydrogen (secondary N) is 1. The van der Waals surface area contributed by atoms with Crippen molar-refractivity contribution in [2.24, 2.45) is 0 Å². The van der Waals surface area contributed by atoms with Gasteiger partial charge in [-0.1, -0.05) is 36.4 Å². The summed E-state index contributed by atoms with van der Waals surface area (Å²) in [5, 5.41) is 2.95. The first kappa shape index (κ1) is 22.7. The maximum atomic E-state index is 12.4. The van der Waals surface area contributed by atoms with E-state index in [1.165, 1.54) is 5.69 Å². The normalized spacial score (nSPS) is 13.5. The summed E-state index contributed by atoms with van der Waals surface area (Å²) in [4.78, 5) is 30.8. The van der Waals surface area contributed by atoms with Crippen molar-refractivity contribution < 1.29 is 4.79 Å². The van der Waals surface area contributed by atoms with Gasteiger partial charge >= 0.3 is 0 Å². The zero-order valence-electron chi connectivity index (χ0n) is 20.3. The lowest BCUT2D eigenvalue weighted by molar-refractivity contribution is 0.102. The van der Waals surface area contributed by atoms with E-state index in [4.69, 9.17) is 4.98 Å². The molecule has 182 valence electrons. The monoisotopic (exact) mass is 486 g/mol. The molecule has 0 radical (unpaired) electrons. The molecule has 0 unspecified atom stereocenters. The average molecular weight is 487 g/mol. The number of anilines is 3. The van der Waals surface area contributed by atoms with Crippen LogP contribution in [0.5, 0.6) is 0 Å². The van der Waals surface area contributed by atoms with E-state index in [1.807, 2.05) is 67.1 Å². The minimum Gasteiger partial charge on any atom is -0.368 e. The second-order valence-electron chi connectivity index (χ2n) is 9.01. The summed E-state index contributed by atoms with van der Waals surface area (Å²) in [6.07, 6.45) is 5.54. The molecule has 0 spiro atoms. The first-order chi connectivity index (χ1) is 18.2. The van der Waals surface area contributed by atoms with Gasteiger partial charge in [0.2, 0.25) is 0 Å². The minimum absolute atomic E-state index is 0.122. The van der Waals surface area contributed by atoms with Crippen molar-refractivity contribution >= 4 is 34.1 Å². The molecule has 0 bridgehead atoms. The molecule has 7 heteroatoms. The first-order valence-corrected chi connectivity index (χ1v) is 12.4. The number of piperazine rings is 1. The lowest BCUT2D eigenvalue weighted by Crippen LogP contribution is -2.46. The third kappa shape index (κ3) is 4.97. The van der Waals surface area contributed by atoms with E-state index in [-0.39, 0.29) is 5.91 Å². The number of aromatic nitrogens is 3. The summed E-state index contributed by atoms with van der Waals surface area (Å²) in [6.45, 7) is 3.63. The van der Waals surface area contributed by atoms with Crippen molar-refractivity contribution in [3.05, 3.63) is 109 Å². The number of carbonyl (C=O) groups excluding carboxylic acids is 1. The highest BCUT2D eigenvalue weighted by atomic mass is 16.1. The van der Waals surface area contributed by atoms with Crippen molar-refractivity contribution in [3.8, 4) is 11.1 Å². The van der Waals surface area contributed by atoms with Crippen molar-refractivity contribution in [3.63, 3.8) is 0 Å². The van der Waals surface area contributed by atoms with E-state index in [9.17, 15) is 4.79 Å². The molecule has 1 fully saturated rings. The maximum absolute atomic E-state index is 12.4. The Labute approximate surface area is 215 Å². The Morgan fingerprint density at radius 3 is 2.19 bits per heavy atom. The molecule has 1 aliphatic rings. The molecule has 3 aromatic carbocycles. The summed E-state index contributed by atoms with van der Waals surface area (Å²) >= 11 is 0. The highest BCUT2D eigenvalue weighted by Gasteiger charge is 2.19. The van der Waals surface area contributed by atoms with E-state index < -0.39 is 0 Å². The van der Waals surface area contributed by atoms with Gasteiger partial charge < -0.3 is 15.1 Å². The molecule has 0 atom stereocenters. The Bertz CT molecular complexity index is 1520. The number of fused-ring (bicyclic) bond motifs is 1. The summed E-state index contributed by atoms with van der Waals surface area (Å²) < 4.78 is 0. The summed E-state index contributed by atoms with van der Waals surface area (Å²) in [6, 6.07) is 27.3. The van der Waals surface area contributed by atoms with Crippen molar-refractivity contribution in [2.75, 3.05) is 41.3 Å². The molecular weight excluding hydrogens is 460 g/mol. The van der Waals surface area contributed by atoms with Gasteiger partial charge in [0.05, 0.1) is 17.2 Å². The SMILES string of the molecule is O=C(Nc1ccc(-c2ccc3ncc(N4CCN(c5ccncc5)CC4)nc3c2)cc1)c1ccccc1. The van der Waals surface area contributed by atoms with Crippen molar-refractivity contribution in [2.45, 2.75) is 0 Å². The summed E-state index contributed by atoms with van der Waals surface area (Å²) in [5.41, 5.74) is 6.44. The largest absolute Gasteiger partial charge is 0.368 e. The molecule has 0 saturated carbocycles. The minimum atomic E-state index is -0.122. The van der Waals surface area contributed by atoms with Gasteiger partial charge in [0.1, 0.15) is 5.82 Å². The summed E-state index contributed by atoms with van der Waals surface area (Å²) in [7, 11) is 0. The molecule has 5 aromatic rings. The maximum Gasteiger partial charge on any atom is 0.255 e. The van der Waals surface area contributed by atoms with Crippen LogP contribution in [0.1, 0.15) is 10.4 Å². The number of nitrogens with zero attached hydrogens (tertiary/aromatic N) is 5.